The van der Waals surface area contributed by atoms with Gasteiger partial charge in [0, 0.05) is 74.0 Å². The molecule has 1 aromatic carbocycles. The van der Waals surface area contributed by atoms with Crippen LogP contribution in [0.4, 0.5) is 0 Å². The summed E-state index contributed by atoms with van der Waals surface area (Å²) in [4.78, 5) is 59.6. The monoisotopic (exact) mass is 900 g/mol. The van der Waals surface area contributed by atoms with Crippen LogP contribution in [0.2, 0.25) is 0 Å². The Balaban J connectivity index is 0.000000752. The summed E-state index contributed by atoms with van der Waals surface area (Å²) >= 11 is 0. The molecule has 2 unspecified atom stereocenters. The third kappa shape index (κ3) is 17.8. The lowest BCUT2D eigenvalue weighted by Crippen LogP contribution is -2.43. The number of unbranched alkanes of at least 4 members (excludes halogenated alkanes) is 4. The normalized spacial score (nSPS) is 13.8. The van der Waals surface area contributed by atoms with Crippen molar-refractivity contribution in [2.75, 3.05) is 27.7 Å². The smallest absolute Gasteiger partial charge is 0.249 e. The van der Waals surface area contributed by atoms with Crippen molar-refractivity contribution in [2.24, 2.45) is 39.0 Å². The Bertz CT molecular complexity index is 2050. The van der Waals surface area contributed by atoms with Gasteiger partial charge in [0.05, 0.1) is 29.2 Å². The van der Waals surface area contributed by atoms with E-state index in [2.05, 4.69) is 78.1 Å². The first-order valence-corrected chi connectivity index (χ1v) is 22.4. The number of aryl methyl sites for hydroxylation is 1. The molecular formula is C50H77N9O6. The lowest BCUT2D eigenvalue weighted by Gasteiger charge is -2.25. The van der Waals surface area contributed by atoms with Crippen LogP contribution in [0.15, 0.2) is 71.7 Å². The van der Waals surface area contributed by atoms with Crippen molar-refractivity contribution >= 4 is 53.5 Å². The maximum Gasteiger partial charge on any atom is 0.249 e. The summed E-state index contributed by atoms with van der Waals surface area (Å²) in [7, 11) is 5.44. The van der Waals surface area contributed by atoms with Crippen LogP contribution in [0.1, 0.15) is 129 Å². The first-order chi connectivity index (χ1) is 31.1. The number of nitrogens with two attached hydrogens (primary N) is 3. The molecule has 0 saturated heterocycles. The Morgan fingerprint density at radius 3 is 2.22 bits per heavy atom. The van der Waals surface area contributed by atoms with E-state index in [1.54, 1.807) is 18.2 Å². The molecule has 2 amide bonds. The predicted molar refractivity (Wildman–Crippen MR) is 264 cm³/mol. The number of rotatable bonds is 21. The lowest BCUT2D eigenvalue weighted by molar-refractivity contribution is -0.124. The van der Waals surface area contributed by atoms with E-state index in [0.717, 1.165) is 112 Å². The van der Waals surface area contributed by atoms with Gasteiger partial charge in [-0.1, -0.05) is 59.3 Å². The number of methoxy groups -OCH3 is 1. The minimum absolute atomic E-state index is 0.0104. The van der Waals surface area contributed by atoms with E-state index in [1.807, 2.05) is 64.9 Å². The number of hydrogen-bond acceptors (Lipinski definition) is 12. The lowest BCUT2D eigenvalue weighted by atomic mass is 9.80. The third-order valence-corrected chi connectivity index (χ3v) is 11.2. The zero-order valence-electron chi connectivity index (χ0n) is 40.6. The molecule has 0 saturated carbocycles. The van der Waals surface area contributed by atoms with Crippen molar-refractivity contribution in [1.29, 1.82) is 0 Å². The van der Waals surface area contributed by atoms with Crippen molar-refractivity contribution in [1.82, 2.24) is 19.4 Å². The quantitative estimate of drug-likeness (QED) is 0.0311. The summed E-state index contributed by atoms with van der Waals surface area (Å²) in [5, 5.41) is 10.4. The number of carbonyl (C=O) groups is 5. The fourth-order valence-electron chi connectivity index (χ4n) is 8.06. The molecule has 0 aliphatic carbocycles. The van der Waals surface area contributed by atoms with Crippen LogP contribution < -0.4 is 17.4 Å². The summed E-state index contributed by atoms with van der Waals surface area (Å²) in [6.07, 6.45) is 18.6. The molecule has 2 aromatic heterocycles. The zero-order chi connectivity index (χ0) is 49.1. The SMILES string of the molecule is C=CC(=O)N1C=CCC1.C=O.CC(C)C(C(N)=O)N(C)C.CCn1c(-c2cccnc2C(C)OC)c(CC(C)(C)CCC=O)c2cc(C3=NN=C(CCCCCCC=O)C3)ccc21.NN. The van der Waals surface area contributed by atoms with Gasteiger partial charge in [-0.25, -0.2) is 0 Å². The molecule has 358 valence electrons. The van der Waals surface area contributed by atoms with Crippen LogP contribution in [0.3, 0.4) is 0 Å². The van der Waals surface area contributed by atoms with Crippen LogP contribution in [0, 0.1) is 11.3 Å². The summed E-state index contributed by atoms with van der Waals surface area (Å²) in [6, 6.07) is 10.7. The Hall–Kier alpha value is -5.48. The van der Waals surface area contributed by atoms with Gasteiger partial charge >= 0.3 is 0 Å². The molecule has 15 heteroatoms. The number of primary amides is 1. The van der Waals surface area contributed by atoms with E-state index in [1.165, 1.54) is 28.2 Å². The fourth-order valence-corrected chi connectivity index (χ4v) is 8.06. The first-order valence-electron chi connectivity index (χ1n) is 22.4. The van der Waals surface area contributed by atoms with Crippen LogP contribution in [0.5, 0.6) is 0 Å². The number of amides is 2. The molecule has 15 nitrogen and oxygen atoms in total. The molecule has 2 atom stereocenters. The van der Waals surface area contributed by atoms with Gasteiger partial charge in [-0.3, -0.25) is 31.2 Å². The van der Waals surface area contributed by atoms with Crippen LogP contribution >= 0.6 is 0 Å². The summed E-state index contributed by atoms with van der Waals surface area (Å²) in [5.41, 5.74) is 14.0. The van der Waals surface area contributed by atoms with Gasteiger partial charge in [0.15, 0.2) is 0 Å². The van der Waals surface area contributed by atoms with E-state index < -0.39 is 0 Å². The predicted octanol–water partition coefficient (Wildman–Crippen LogP) is 7.68. The molecule has 5 rings (SSSR count). The highest BCUT2D eigenvalue weighted by Crippen LogP contribution is 2.42. The number of benzene rings is 1. The van der Waals surface area contributed by atoms with Gasteiger partial charge in [-0.15, -0.1) is 0 Å². The molecule has 65 heavy (non-hydrogen) atoms. The number of hydrazine groups is 1. The first kappa shape index (κ1) is 57.5. The van der Waals surface area contributed by atoms with Crippen LogP contribution in [-0.2, 0) is 41.7 Å². The Morgan fingerprint density at radius 2 is 1.68 bits per heavy atom. The average Bonchev–Trinajstić information content (AvgIpc) is 4.08. The Morgan fingerprint density at radius 1 is 1.00 bits per heavy atom. The topological polar surface area (TPSA) is 222 Å². The summed E-state index contributed by atoms with van der Waals surface area (Å²) in [5.74, 6) is 8.02. The molecule has 6 N–H and O–H groups in total. The number of likely N-dealkylation sites (N-methyl/N-ethyl adjacent to an activating group) is 1. The Kier molecular flexibility index (Phi) is 27.1. The number of carbonyl (C=O) groups excluding carboxylic acids is 5. The molecule has 4 heterocycles. The highest BCUT2D eigenvalue weighted by Gasteiger charge is 2.28. The van der Waals surface area contributed by atoms with E-state index in [-0.39, 0.29) is 35.3 Å². The minimum atomic E-state index is -0.250. The second-order valence-corrected chi connectivity index (χ2v) is 17.1. The molecule has 0 radical (unpaired) electrons. The molecule has 2 aliphatic rings. The number of aldehydes is 2. The summed E-state index contributed by atoms with van der Waals surface area (Å²) < 4.78 is 8.13. The van der Waals surface area contributed by atoms with E-state index in [9.17, 15) is 19.2 Å². The molecule has 3 aromatic rings. The largest absolute Gasteiger partial charge is 0.375 e. The maximum absolute atomic E-state index is 11.3. The van der Waals surface area contributed by atoms with Gasteiger partial charge in [0.25, 0.3) is 0 Å². The number of hydrogen-bond donors (Lipinski definition) is 3. The highest BCUT2D eigenvalue weighted by atomic mass is 16.5. The van der Waals surface area contributed by atoms with Crippen molar-refractivity contribution in [2.45, 2.75) is 131 Å². The van der Waals surface area contributed by atoms with E-state index in [0.29, 0.717) is 12.8 Å². The summed E-state index contributed by atoms with van der Waals surface area (Å²) in [6.45, 7) is 19.7. The molecule has 0 bridgehead atoms. The van der Waals surface area contributed by atoms with Crippen LogP contribution in [0.25, 0.3) is 22.2 Å². The van der Waals surface area contributed by atoms with E-state index in [4.69, 9.17) is 20.2 Å². The van der Waals surface area contributed by atoms with Crippen molar-refractivity contribution in [3.8, 4) is 11.3 Å². The fraction of sp³-hybridized carbons (Fsp3) is 0.520. The van der Waals surface area contributed by atoms with Crippen molar-refractivity contribution < 1.29 is 28.7 Å². The minimum Gasteiger partial charge on any atom is -0.375 e. The van der Waals surface area contributed by atoms with Crippen molar-refractivity contribution in [3.05, 3.63) is 78.3 Å². The van der Waals surface area contributed by atoms with Gasteiger partial charge in [-0.2, -0.15) is 10.2 Å². The second-order valence-electron chi connectivity index (χ2n) is 17.1. The molecule has 2 aliphatic heterocycles. The van der Waals surface area contributed by atoms with Gasteiger partial charge < -0.3 is 34.3 Å². The number of nitrogens with zero attached hydrogens (tertiary/aromatic N) is 6. The van der Waals surface area contributed by atoms with Gasteiger partial charge in [0.2, 0.25) is 11.8 Å². The zero-order valence-corrected chi connectivity index (χ0v) is 40.6. The van der Waals surface area contributed by atoms with Crippen molar-refractivity contribution in [3.63, 3.8) is 0 Å². The highest BCUT2D eigenvalue weighted by molar-refractivity contribution is 6.16. The number of ether oxygens (including phenoxy) is 1. The molecular weight excluding hydrogens is 823 g/mol. The second kappa shape index (κ2) is 30.6. The van der Waals surface area contributed by atoms with E-state index >= 15 is 0 Å². The number of aromatic nitrogens is 2. The maximum atomic E-state index is 11.3. The number of pyridine rings is 1. The standard InChI is InChI=1S/C35H46N4O3.C7H16N2O.C7H9NO.CH2O.H4N2/c1-6-39-32-17-16-26(31-23-27(37-38-31)14-10-8-7-9-11-20-40)22-29(32)30(24-35(3,4)18-13-21-41)34(39)28-15-12-19-36-33(28)25(2)42-5;1-5(2)6(7(8)10)9(3)4;1-2-7(9)8-5-3-4-6-8;2*1-2/h12,15-17,19-22,25H,6-11,13-14,18,23-24H2,1-5H3;5-6H,1-4H3,(H2,8,10);2-3,5H,1,4,6H2;1H2;1-2H2. The third-order valence-electron chi connectivity index (χ3n) is 11.2. The number of fused-ring (bicyclic) bond motifs is 1. The van der Waals surface area contributed by atoms with Gasteiger partial charge in [-0.05, 0) is 119 Å². The molecule has 0 fully saturated rings. The van der Waals surface area contributed by atoms with Gasteiger partial charge in [0.1, 0.15) is 19.4 Å². The molecule has 0 spiro atoms. The van der Waals surface area contributed by atoms with Crippen LogP contribution in [-0.4, -0.2) is 95.7 Å². The Labute approximate surface area is 387 Å². The average molecular weight is 900 g/mol.